The topological polar surface area (TPSA) is 173 Å². The third-order valence-electron chi connectivity index (χ3n) is 2.27. The summed E-state index contributed by atoms with van der Waals surface area (Å²) in [5, 5.41) is 29.6. The molecule has 0 aromatic carbocycles. The molecule has 11 heteroatoms. The lowest BCUT2D eigenvalue weighted by Gasteiger charge is -2.21. The monoisotopic (exact) mass is 319 g/mol. The minimum atomic E-state index is -1.31. The Kier molecular flexibility index (Phi) is 8.67. The molecule has 0 aromatic heterocycles. The molecule has 11 nitrogen and oxygen atoms in total. The number of nitrogens with one attached hydrogen (secondary N) is 2. The van der Waals surface area contributed by atoms with Crippen LogP contribution in [0, 0.1) is 0 Å². The number of imide groups is 1. The molecule has 0 bridgehead atoms. The molecule has 0 rings (SSSR count). The SMILES string of the molecule is O=C(O)CCCN(C(=O)NCCC(=O)O)C(=O)NCC(=O)O. The normalized spacial score (nSPS) is 9.64. The second kappa shape index (κ2) is 9.96. The summed E-state index contributed by atoms with van der Waals surface area (Å²) < 4.78 is 0. The molecule has 0 aromatic rings. The van der Waals surface area contributed by atoms with Gasteiger partial charge in [0, 0.05) is 19.5 Å². The van der Waals surface area contributed by atoms with Crippen molar-refractivity contribution in [2.24, 2.45) is 0 Å². The number of urea groups is 2. The molecule has 0 aliphatic heterocycles. The van der Waals surface area contributed by atoms with Crippen LogP contribution in [-0.4, -0.2) is 69.8 Å². The van der Waals surface area contributed by atoms with Crippen molar-refractivity contribution in [2.45, 2.75) is 19.3 Å². The molecule has 0 atom stereocenters. The zero-order valence-corrected chi connectivity index (χ0v) is 11.6. The van der Waals surface area contributed by atoms with Gasteiger partial charge in [-0.1, -0.05) is 0 Å². The van der Waals surface area contributed by atoms with Crippen molar-refractivity contribution in [1.29, 1.82) is 0 Å². The molecule has 0 aliphatic carbocycles. The van der Waals surface area contributed by atoms with Crippen molar-refractivity contribution >= 4 is 30.0 Å². The maximum atomic E-state index is 11.8. The average Bonchev–Trinajstić information content (AvgIpc) is 2.40. The van der Waals surface area contributed by atoms with E-state index in [0.29, 0.717) is 4.90 Å². The molecular weight excluding hydrogens is 302 g/mol. The van der Waals surface area contributed by atoms with Crippen LogP contribution in [0.2, 0.25) is 0 Å². The molecule has 22 heavy (non-hydrogen) atoms. The van der Waals surface area contributed by atoms with Crippen LogP contribution in [0.1, 0.15) is 19.3 Å². The first-order chi connectivity index (χ1) is 10.2. The number of aliphatic carboxylic acids is 3. The van der Waals surface area contributed by atoms with Crippen molar-refractivity contribution in [3.05, 3.63) is 0 Å². The second-order valence-corrected chi connectivity index (χ2v) is 4.08. The molecule has 124 valence electrons. The molecule has 0 saturated heterocycles. The van der Waals surface area contributed by atoms with Crippen LogP contribution in [0.15, 0.2) is 0 Å². The van der Waals surface area contributed by atoms with Crippen LogP contribution in [-0.2, 0) is 14.4 Å². The summed E-state index contributed by atoms with van der Waals surface area (Å²) in [6, 6.07) is -1.95. The highest BCUT2D eigenvalue weighted by Gasteiger charge is 2.21. The number of carbonyl (C=O) groups excluding carboxylic acids is 2. The number of carbonyl (C=O) groups is 5. The smallest absolute Gasteiger partial charge is 0.326 e. The number of carboxylic acid groups (broad SMARTS) is 3. The first-order valence-electron chi connectivity index (χ1n) is 6.22. The molecule has 0 saturated carbocycles. The molecule has 4 amide bonds. The van der Waals surface area contributed by atoms with Gasteiger partial charge in [0.15, 0.2) is 0 Å². The van der Waals surface area contributed by atoms with Gasteiger partial charge in [-0.3, -0.25) is 14.4 Å². The van der Waals surface area contributed by atoms with Gasteiger partial charge in [0.05, 0.1) is 6.42 Å². The lowest BCUT2D eigenvalue weighted by Crippen LogP contribution is -2.50. The molecule has 0 unspecified atom stereocenters. The number of hydrogen-bond acceptors (Lipinski definition) is 5. The first kappa shape index (κ1) is 19.1. The summed E-state index contributed by atoms with van der Waals surface area (Å²) in [5.41, 5.74) is 0. The summed E-state index contributed by atoms with van der Waals surface area (Å²) in [4.78, 5) is 55.2. The van der Waals surface area contributed by atoms with E-state index in [4.69, 9.17) is 15.3 Å². The number of nitrogens with zero attached hydrogens (tertiary/aromatic N) is 1. The molecule has 0 aliphatic rings. The Morgan fingerprint density at radius 1 is 0.773 bits per heavy atom. The van der Waals surface area contributed by atoms with Crippen molar-refractivity contribution in [2.75, 3.05) is 19.6 Å². The van der Waals surface area contributed by atoms with Crippen molar-refractivity contribution in [1.82, 2.24) is 15.5 Å². The first-order valence-corrected chi connectivity index (χ1v) is 6.22. The second-order valence-electron chi connectivity index (χ2n) is 4.08. The molecular formula is C11H17N3O8. The molecule has 0 spiro atoms. The lowest BCUT2D eigenvalue weighted by molar-refractivity contribution is -0.138. The minimum Gasteiger partial charge on any atom is -0.481 e. The van der Waals surface area contributed by atoms with Gasteiger partial charge < -0.3 is 26.0 Å². The van der Waals surface area contributed by atoms with Gasteiger partial charge in [-0.15, -0.1) is 0 Å². The Bertz CT molecular complexity index is 451. The van der Waals surface area contributed by atoms with Crippen LogP contribution in [0.25, 0.3) is 0 Å². The molecule has 0 fully saturated rings. The van der Waals surface area contributed by atoms with E-state index in [1.54, 1.807) is 0 Å². The summed E-state index contributed by atoms with van der Waals surface area (Å²) in [6.07, 6.45) is -0.668. The minimum absolute atomic E-state index is 0.0256. The van der Waals surface area contributed by atoms with E-state index in [1.807, 2.05) is 5.32 Å². The number of carboxylic acids is 3. The third kappa shape index (κ3) is 9.12. The van der Waals surface area contributed by atoms with E-state index in [-0.39, 0.29) is 32.4 Å². The van der Waals surface area contributed by atoms with Gasteiger partial charge in [0.1, 0.15) is 6.54 Å². The van der Waals surface area contributed by atoms with Crippen molar-refractivity contribution in [3.8, 4) is 0 Å². The Hall–Kier alpha value is -2.85. The maximum absolute atomic E-state index is 11.8. The van der Waals surface area contributed by atoms with E-state index in [1.165, 1.54) is 0 Å². The fourth-order valence-corrected chi connectivity index (χ4v) is 1.30. The number of amides is 4. The largest absolute Gasteiger partial charge is 0.481 e. The average molecular weight is 319 g/mol. The Morgan fingerprint density at radius 3 is 1.82 bits per heavy atom. The van der Waals surface area contributed by atoms with Gasteiger partial charge in [-0.25, -0.2) is 14.5 Å². The van der Waals surface area contributed by atoms with Crippen LogP contribution < -0.4 is 10.6 Å². The van der Waals surface area contributed by atoms with Crippen LogP contribution in [0.4, 0.5) is 9.59 Å². The predicted molar refractivity (Wildman–Crippen MR) is 70.3 cm³/mol. The Balaban J connectivity index is 4.57. The van der Waals surface area contributed by atoms with E-state index < -0.39 is 36.5 Å². The highest BCUT2D eigenvalue weighted by atomic mass is 16.4. The van der Waals surface area contributed by atoms with Gasteiger partial charge in [0.2, 0.25) is 0 Å². The van der Waals surface area contributed by atoms with Crippen LogP contribution in [0.5, 0.6) is 0 Å². The van der Waals surface area contributed by atoms with Gasteiger partial charge in [-0.05, 0) is 6.42 Å². The van der Waals surface area contributed by atoms with Gasteiger partial charge in [0.25, 0.3) is 0 Å². The molecule has 0 radical (unpaired) electrons. The fraction of sp³-hybridized carbons (Fsp3) is 0.545. The zero-order chi connectivity index (χ0) is 17.1. The fourth-order valence-electron chi connectivity index (χ4n) is 1.30. The van der Waals surface area contributed by atoms with Crippen molar-refractivity contribution in [3.63, 3.8) is 0 Å². The highest BCUT2D eigenvalue weighted by Crippen LogP contribution is 1.98. The standard InChI is InChI=1S/C11H17N3O8/c15-7(16)2-1-5-14(11(22)13-6-9(19)20)10(21)12-4-3-8(17)18/h1-6H2,(H,12,21)(H,13,22)(H,15,16)(H,17,18)(H,19,20). The van der Waals surface area contributed by atoms with Crippen molar-refractivity contribution < 1.29 is 39.3 Å². The number of rotatable bonds is 9. The predicted octanol–water partition coefficient (Wildman–Crippen LogP) is -0.868. The van der Waals surface area contributed by atoms with Gasteiger partial charge >= 0.3 is 30.0 Å². The zero-order valence-electron chi connectivity index (χ0n) is 11.6. The van der Waals surface area contributed by atoms with Crippen LogP contribution in [0.3, 0.4) is 0 Å². The molecule has 5 N–H and O–H groups in total. The van der Waals surface area contributed by atoms with E-state index in [0.717, 1.165) is 0 Å². The van der Waals surface area contributed by atoms with E-state index in [9.17, 15) is 24.0 Å². The lowest BCUT2D eigenvalue weighted by atomic mass is 10.3. The van der Waals surface area contributed by atoms with E-state index in [2.05, 4.69) is 5.32 Å². The molecule has 0 heterocycles. The summed E-state index contributed by atoms with van der Waals surface area (Å²) >= 11 is 0. The third-order valence-corrected chi connectivity index (χ3v) is 2.27. The number of hydrogen-bond donors (Lipinski definition) is 5. The van der Waals surface area contributed by atoms with Gasteiger partial charge in [-0.2, -0.15) is 0 Å². The van der Waals surface area contributed by atoms with E-state index >= 15 is 0 Å². The maximum Gasteiger partial charge on any atom is 0.326 e. The van der Waals surface area contributed by atoms with Crippen LogP contribution >= 0.6 is 0 Å². The quantitative estimate of drug-likeness (QED) is 0.364. The summed E-state index contributed by atoms with van der Waals surface area (Å²) in [5.74, 6) is -3.57. The summed E-state index contributed by atoms with van der Waals surface area (Å²) in [7, 11) is 0. The Morgan fingerprint density at radius 2 is 1.32 bits per heavy atom. The highest BCUT2D eigenvalue weighted by molar-refractivity contribution is 5.94. The summed E-state index contributed by atoms with van der Waals surface area (Å²) in [6.45, 7) is -1.19. The Labute approximate surface area is 124 Å².